The van der Waals surface area contributed by atoms with Gasteiger partial charge in [-0.05, 0) is 28.8 Å². The van der Waals surface area contributed by atoms with Crippen LogP contribution in [0, 0.1) is 0 Å². The molecule has 0 spiro atoms. The van der Waals surface area contributed by atoms with Crippen LogP contribution in [0.3, 0.4) is 0 Å². The molecule has 6 heteroatoms. The van der Waals surface area contributed by atoms with Crippen LogP contribution < -0.4 is 14.8 Å². The number of nitrogens with one attached hydrogen (secondary N) is 1. The molecule has 2 aromatic carbocycles. The van der Waals surface area contributed by atoms with E-state index in [4.69, 9.17) is 25.8 Å². The van der Waals surface area contributed by atoms with Crippen molar-refractivity contribution in [3.63, 3.8) is 0 Å². The Bertz CT molecular complexity index is 793. The van der Waals surface area contributed by atoms with Gasteiger partial charge in [-0.2, -0.15) is 0 Å². The fraction of sp³-hybridized carbons (Fsp3) is 0.455. The van der Waals surface area contributed by atoms with E-state index in [-0.39, 0.29) is 0 Å². The number of halogens is 1. The van der Waals surface area contributed by atoms with E-state index in [0.29, 0.717) is 24.0 Å². The van der Waals surface area contributed by atoms with E-state index in [1.807, 2.05) is 12.1 Å². The number of morpholine rings is 1. The van der Waals surface area contributed by atoms with Gasteiger partial charge in [0.2, 0.25) is 0 Å². The maximum absolute atomic E-state index is 6.40. The van der Waals surface area contributed by atoms with Gasteiger partial charge in [0.15, 0.2) is 11.5 Å². The Labute approximate surface area is 171 Å². The Morgan fingerprint density at radius 3 is 2.57 bits per heavy atom. The Kier molecular flexibility index (Phi) is 6.70. The zero-order chi connectivity index (χ0) is 19.2. The number of rotatable bonds is 6. The van der Waals surface area contributed by atoms with Crippen molar-refractivity contribution >= 4 is 11.6 Å². The first kappa shape index (κ1) is 19.5. The molecule has 5 nitrogen and oxygen atoms in total. The largest absolute Gasteiger partial charge is 0.489 e. The van der Waals surface area contributed by atoms with Crippen LogP contribution in [0.5, 0.6) is 11.5 Å². The van der Waals surface area contributed by atoms with Crippen LogP contribution in [0.2, 0.25) is 5.02 Å². The average molecular weight is 403 g/mol. The van der Waals surface area contributed by atoms with Crippen LogP contribution in [0.1, 0.15) is 23.1 Å². The molecule has 2 aliphatic rings. The molecule has 150 valence electrons. The Morgan fingerprint density at radius 2 is 1.71 bits per heavy atom. The average Bonchev–Trinajstić information content (AvgIpc) is 2.96. The molecule has 1 saturated heterocycles. The summed E-state index contributed by atoms with van der Waals surface area (Å²) in [6.07, 6.45) is 0.874. The lowest BCUT2D eigenvalue weighted by atomic mass is 10.1. The van der Waals surface area contributed by atoms with Gasteiger partial charge >= 0.3 is 0 Å². The summed E-state index contributed by atoms with van der Waals surface area (Å²) in [6, 6.07) is 12.6. The van der Waals surface area contributed by atoms with Crippen LogP contribution in [0.4, 0.5) is 0 Å². The van der Waals surface area contributed by atoms with Crippen LogP contribution in [0.15, 0.2) is 36.4 Å². The van der Waals surface area contributed by atoms with E-state index in [1.165, 1.54) is 11.1 Å². The molecule has 1 fully saturated rings. The SMILES string of the molecule is Clc1cc(CNCc2ccccc2CN2CCOCC2)cc2c1OCCCO2. The monoisotopic (exact) mass is 402 g/mol. The van der Waals surface area contributed by atoms with E-state index in [1.54, 1.807) is 0 Å². The van der Waals surface area contributed by atoms with Crippen LogP contribution in [-0.4, -0.2) is 44.4 Å². The van der Waals surface area contributed by atoms with Gasteiger partial charge in [0.05, 0.1) is 31.5 Å². The predicted octanol–water partition coefficient (Wildman–Crippen LogP) is 3.62. The fourth-order valence-corrected chi connectivity index (χ4v) is 3.90. The van der Waals surface area contributed by atoms with Crippen molar-refractivity contribution < 1.29 is 14.2 Å². The molecular weight excluding hydrogens is 376 g/mol. The third-order valence-electron chi connectivity index (χ3n) is 5.12. The summed E-state index contributed by atoms with van der Waals surface area (Å²) < 4.78 is 16.9. The molecule has 0 saturated carbocycles. The highest BCUT2D eigenvalue weighted by Gasteiger charge is 2.16. The quantitative estimate of drug-likeness (QED) is 0.799. The number of nitrogens with zero attached hydrogens (tertiary/aromatic N) is 1. The standard InChI is InChI=1S/C22H27ClN2O3/c23-20-12-17(13-21-22(20)28-9-3-8-27-21)14-24-15-18-4-1-2-5-19(18)16-25-6-10-26-11-7-25/h1-2,4-5,12-13,24H,3,6-11,14-16H2. The van der Waals surface area contributed by atoms with Crippen LogP contribution in [-0.2, 0) is 24.4 Å². The minimum absolute atomic E-state index is 0.615. The summed E-state index contributed by atoms with van der Waals surface area (Å²) in [6.45, 7) is 7.46. The molecule has 2 aliphatic heterocycles. The topological polar surface area (TPSA) is 43.0 Å². The zero-order valence-corrected chi connectivity index (χ0v) is 16.8. The van der Waals surface area contributed by atoms with Crippen molar-refractivity contribution in [3.05, 3.63) is 58.1 Å². The van der Waals surface area contributed by atoms with Crippen molar-refractivity contribution in [3.8, 4) is 11.5 Å². The molecule has 28 heavy (non-hydrogen) atoms. The van der Waals surface area contributed by atoms with Gasteiger partial charge in [0.25, 0.3) is 0 Å². The van der Waals surface area contributed by atoms with Crippen molar-refractivity contribution in [1.82, 2.24) is 10.2 Å². The minimum Gasteiger partial charge on any atom is -0.489 e. The van der Waals surface area contributed by atoms with Crippen molar-refractivity contribution in [2.24, 2.45) is 0 Å². The number of hydrogen-bond donors (Lipinski definition) is 1. The highest BCUT2D eigenvalue weighted by molar-refractivity contribution is 6.32. The molecule has 0 aliphatic carbocycles. The molecule has 0 bridgehead atoms. The first-order valence-corrected chi connectivity index (χ1v) is 10.3. The van der Waals surface area contributed by atoms with E-state index in [2.05, 4.69) is 34.5 Å². The summed E-state index contributed by atoms with van der Waals surface area (Å²) in [5.41, 5.74) is 3.79. The second kappa shape index (κ2) is 9.61. The second-order valence-corrected chi connectivity index (χ2v) is 7.62. The van der Waals surface area contributed by atoms with E-state index in [9.17, 15) is 0 Å². The summed E-state index contributed by atoms with van der Waals surface area (Å²) in [4.78, 5) is 2.45. The van der Waals surface area contributed by atoms with E-state index >= 15 is 0 Å². The molecule has 0 atom stereocenters. The highest BCUT2D eigenvalue weighted by atomic mass is 35.5. The molecule has 2 heterocycles. The third-order valence-corrected chi connectivity index (χ3v) is 5.40. The smallest absolute Gasteiger partial charge is 0.179 e. The number of hydrogen-bond acceptors (Lipinski definition) is 5. The number of fused-ring (bicyclic) bond motifs is 1. The maximum Gasteiger partial charge on any atom is 0.179 e. The summed E-state index contributed by atoms with van der Waals surface area (Å²) in [5, 5.41) is 4.16. The molecule has 2 aromatic rings. The molecule has 0 aromatic heterocycles. The van der Waals surface area contributed by atoms with Crippen LogP contribution >= 0.6 is 11.6 Å². The molecule has 4 rings (SSSR count). The summed E-state index contributed by atoms with van der Waals surface area (Å²) >= 11 is 6.40. The lowest BCUT2D eigenvalue weighted by Gasteiger charge is -2.27. The Hall–Kier alpha value is -1.79. The van der Waals surface area contributed by atoms with Gasteiger partial charge in [0, 0.05) is 39.1 Å². The molecule has 0 amide bonds. The van der Waals surface area contributed by atoms with Crippen molar-refractivity contribution in [2.45, 2.75) is 26.1 Å². The van der Waals surface area contributed by atoms with E-state index < -0.39 is 0 Å². The third kappa shape index (κ3) is 4.97. The summed E-state index contributed by atoms with van der Waals surface area (Å²) in [7, 11) is 0. The number of ether oxygens (including phenoxy) is 3. The lowest BCUT2D eigenvalue weighted by molar-refractivity contribution is 0.0340. The highest BCUT2D eigenvalue weighted by Crippen LogP contribution is 2.37. The second-order valence-electron chi connectivity index (χ2n) is 7.22. The van der Waals surface area contributed by atoms with E-state index in [0.717, 1.165) is 63.7 Å². The van der Waals surface area contributed by atoms with Gasteiger partial charge in [-0.15, -0.1) is 0 Å². The minimum atomic E-state index is 0.615. The normalized spacial score (nSPS) is 17.3. The molecule has 0 unspecified atom stereocenters. The summed E-state index contributed by atoms with van der Waals surface area (Å²) in [5.74, 6) is 1.41. The number of benzene rings is 2. The van der Waals surface area contributed by atoms with Crippen LogP contribution in [0.25, 0.3) is 0 Å². The van der Waals surface area contributed by atoms with Gasteiger partial charge in [-0.3, -0.25) is 4.90 Å². The molecule has 1 N–H and O–H groups in total. The predicted molar refractivity (Wildman–Crippen MR) is 110 cm³/mol. The molecular formula is C22H27ClN2O3. The van der Waals surface area contributed by atoms with Gasteiger partial charge in [-0.1, -0.05) is 35.9 Å². The maximum atomic E-state index is 6.40. The van der Waals surface area contributed by atoms with Gasteiger partial charge in [-0.25, -0.2) is 0 Å². The van der Waals surface area contributed by atoms with Crippen molar-refractivity contribution in [2.75, 3.05) is 39.5 Å². The fourth-order valence-electron chi connectivity index (χ4n) is 3.61. The first-order valence-electron chi connectivity index (χ1n) is 9.95. The van der Waals surface area contributed by atoms with Gasteiger partial charge < -0.3 is 19.5 Å². The lowest BCUT2D eigenvalue weighted by Crippen LogP contribution is -2.36. The first-order chi connectivity index (χ1) is 13.8. The molecule has 0 radical (unpaired) electrons. The Balaban J connectivity index is 1.38. The Morgan fingerprint density at radius 1 is 0.929 bits per heavy atom. The van der Waals surface area contributed by atoms with Gasteiger partial charge in [0.1, 0.15) is 0 Å². The zero-order valence-electron chi connectivity index (χ0n) is 16.1. The van der Waals surface area contributed by atoms with Crippen molar-refractivity contribution in [1.29, 1.82) is 0 Å².